The van der Waals surface area contributed by atoms with E-state index in [0.29, 0.717) is 22.9 Å². The van der Waals surface area contributed by atoms with Crippen LogP contribution in [0, 0.1) is 13.8 Å². The molecule has 4 rings (SSSR count). The number of ether oxygens (including phenoxy) is 1. The van der Waals surface area contributed by atoms with Gasteiger partial charge in [-0.15, -0.1) is 11.3 Å². The number of benzene rings is 1. The molecule has 3 N–H and O–H groups in total. The summed E-state index contributed by atoms with van der Waals surface area (Å²) in [6, 6.07) is 12.2. The highest BCUT2D eigenvalue weighted by Gasteiger charge is 2.19. The molecule has 0 aliphatic heterocycles. The van der Waals surface area contributed by atoms with Gasteiger partial charge >= 0.3 is 0 Å². The maximum Gasteiger partial charge on any atom is 0.256 e. The number of fused-ring (bicyclic) bond motifs is 1. The van der Waals surface area contributed by atoms with E-state index in [2.05, 4.69) is 36.5 Å². The SMILES string of the molecule is COc1c(C(=O)NCc2c(-c3ccc(C)cc3)nc3ccc(C)cn23)csc1N. The zero-order chi connectivity index (χ0) is 20.5. The van der Waals surface area contributed by atoms with Crippen LogP contribution in [0.4, 0.5) is 5.00 Å². The number of carbonyl (C=O) groups is 1. The first-order valence-electron chi connectivity index (χ1n) is 9.21. The van der Waals surface area contributed by atoms with Crippen molar-refractivity contribution >= 4 is 27.9 Å². The molecule has 3 heterocycles. The second-order valence-electron chi connectivity index (χ2n) is 6.94. The maximum absolute atomic E-state index is 12.8. The highest BCUT2D eigenvalue weighted by molar-refractivity contribution is 7.14. The van der Waals surface area contributed by atoms with Gasteiger partial charge in [0.2, 0.25) is 0 Å². The fourth-order valence-corrected chi connectivity index (χ4v) is 4.06. The lowest BCUT2D eigenvalue weighted by Gasteiger charge is -2.09. The molecule has 0 saturated carbocycles. The molecule has 7 heteroatoms. The number of amides is 1. The zero-order valence-electron chi connectivity index (χ0n) is 16.5. The molecule has 29 heavy (non-hydrogen) atoms. The number of aryl methyl sites for hydroxylation is 2. The molecule has 1 aromatic carbocycles. The minimum atomic E-state index is -0.229. The third-order valence-electron chi connectivity index (χ3n) is 4.83. The number of nitrogens with zero attached hydrogens (tertiary/aromatic N) is 2. The molecule has 0 atom stereocenters. The number of anilines is 1. The van der Waals surface area contributed by atoms with Gasteiger partial charge in [-0.25, -0.2) is 4.98 Å². The minimum absolute atomic E-state index is 0.229. The van der Waals surface area contributed by atoms with Crippen LogP contribution in [0.25, 0.3) is 16.9 Å². The molecular formula is C22H22N4O2S. The number of hydrogen-bond acceptors (Lipinski definition) is 5. The molecule has 148 valence electrons. The Labute approximate surface area is 173 Å². The average Bonchev–Trinajstić information content (AvgIpc) is 3.26. The van der Waals surface area contributed by atoms with Crippen molar-refractivity contribution in [3.8, 4) is 17.0 Å². The van der Waals surface area contributed by atoms with Gasteiger partial charge in [0.15, 0.2) is 5.75 Å². The second kappa shape index (κ2) is 7.60. The quantitative estimate of drug-likeness (QED) is 0.520. The Bertz CT molecular complexity index is 1190. The molecule has 1 amide bonds. The smallest absolute Gasteiger partial charge is 0.256 e. The summed E-state index contributed by atoms with van der Waals surface area (Å²) < 4.78 is 7.30. The number of thiophene rings is 1. The van der Waals surface area contributed by atoms with E-state index in [0.717, 1.165) is 28.2 Å². The summed E-state index contributed by atoms with van der Waals surface area (Å²) in [5.41, 5.74) is 12.3. The van der Waals surface area contributed by atoms with Crippen LogP contribution in [0.2, 0.25) is 0 Å². The second-order valence-corrected chi connectivity index (χ2v) is 7.85. The lowest BCUT2D eigenvalue weighted by atomic mass is 10.1. The minimum Gasteiger partial charge on any atom is -0.493 e. The molecule has 0 saturated heterocycles. The maximum atomic E-state index is 12.8. The van der Waals surface area contributed by atoms with Gasteiger partial charge in [0.1, 0.15) is 10.6 Å². The van der Waals surface area contributed by atoms with Crippen molar-refractivity contribution in [2.45, 2.75) is 20.4 Å². The van der Waals surface area contributed by atoms with Crippen molar-refractivity contribution in [1.82, 2.24) is 14.7 Å². The predicted molar refractivity (Wildman–Crippen MR) is 117 cm³/mol. The van der Waals surface area contributed by atoms with E-state index >= 15 is 0 Å². The van der Waals surface area contributed by atoms with Crippen LogP contribution in [0.15, 0.2) is 48.0 Å². The van der Waals surface area contributed by atoms with Crippen LogP contribution < -0.4 is 15.8 Å². The van der Waals surface area contributed by atoms with E-state index in [9.17, 15) is 4.79 Å². The molecule has 0 aliphatic carbocycles. The highest BCUT2D eigenvalue weighted by atomic mass is 32.1. The monoisotopic (exact) mass is 406 g/mol. The van der Waals surface area contributed by atoms with Crippen molar-refractivity contribution in [3.05, 3.63) is 70.4 Å². The Kier molecular flexibility index (Phi) is 4.98. The van der Waals surface area contributed by atoms with E-state index in [1.165, 1.54) is 24.0 Å². The van der Waals surface area contributed by atoms with Crippen LogP contribution in [0.5, 0.6) is 5.75 Å². The van der Waals surface area contributed by atoms with Crippen molar-refractivity contribution in [2.24, 2.45) is 0 Å². The molecule has 3 aromatic heterocycles. The molecule has 0 fully saturated rings. The van der Waals surface area contributed by atoms with Crippen LogP contribution in [-0.4, -0.2) is 22.4 Å². The van der Waals surface area contributed by atoms with Crippen molar-refractivity contribution in [3.63, 3.8) is 0 Å². The first-order valence-corrected chi connectivity index (χ1v) is 10.1. The highest BCUT2D eigenvalue weighted by Crippen LogP contribution is 2.33. The lowest BCUT2D eigenvalue weighted by molar-refractivity contribution is 0.0948. The van der Waals surface area contributed by atoms with Crippen LogP contribution in [0.3, 0.4) is 0 Å². The first-order chi connectivity index (χ1) is 14.0. The number of hydrogen-bond donors (Lipinski definition) is 2. The zero-order valence-corrected chi connectivity index (χ0v) is 17.3. The number of aromatic nitrogens is 2. The lowest BCUT2D eigenvalue weighted by Crippen LogP contribution is -2.24. The number of nitrogens with one attached hydrogen (secondary N) is 1. The normalized spacial score (nSPS) is 11.0. The van der Waals surface area contributed by atoms with Gasteiger partial charge in [0.25, 0.3) is 5.91 Å². The molecule has 4 aromatic rings. The number of nitrogens with two attached hydrogens (primary N) is 1. The number of methoxy groups -OCH3 is 1. The first kappa shape index (κ1) is 19.0. The largest absolute Gasteiger partial charge is 0.493 e. The van der Waals surface area contributed by atoms with Gasteiger partial charge in [-0.05, 0) is 25.5 Å². The van der Waals surface area contributed by atoms with E-state index < -0.39 is 0 Å². The Balaban J connectivity index is 1.71. The number of pyridine rings is 1. The van der Waals surface area contributed by atoms with E-state index in [4.69, 9.17) is 15.5 Å². The molecular weight excluding hydrogens is 384 g/mol. The Morgan fingerprint density at radius 2 is 1.90 bits per heavy atom. The van der Waals surface area contributed by atoms with Crippen molar-refractivity contribution in [2.75, 3.05) is 12.8 Å². The third-order valence-corrected chi connectivity index (χ3v) is 5.62. The van der Waals surface area contributed by atoms with Crippen LogP contribution in [0.1, 0.15) is 27.2 Å². The van der Waals surface area contributed by atoms with Gasteiger partial charge in [0.05, 0.1) is 30.6 Å². The molecule has 6 nitrogen and oxygen atoms in total. The molecule has 0 bridgehead atoms. The van der Waals surface area contributed by atoms with Gasteiger partial charge in [-0.1, -0.05) is 35.9 Å². The van der Waals surface area contributed by atoms with E-state index in [1.54, 1.807) is 5.38 Å². The van der Waals surface area contributed by atoms with Gasteiger partial charge < -0.3 is 20.2 Å². The number of rotatable bonds is 5. The summed E-state index contributed by atoms with van der Waals surface area (Å²) in [5.74, 6) is 0.188. The topological polar surface area (TPSA) is 81.6 Å². The summed E-state index contributed by atoms with van der Waals surface area (Å²) >= 11 is 1.29. The summed E-state index contributed by atoms with van der Waals surface area (Å²) in [4.78, 5) is 17.6. The molecule has 0 aliphatic rings. The van der Waals surface area contributed by atoms with Crippen molar-refractivity contribution < 1.29 is 9.53 Å². The summed E-state index contributed by atoms with van der Waals surface area (Å²) in [6.07, 6.45) is 2.03. The number of imidazole rings is 1. The number of carbonyl (C=O) groups excluding carboxylic acids is 1. The van der Waals surface area contributed by atoms with Crippen LogP contribution >= 0.6 is 11.3 Å². The van der Waals surface area contributed by atoms with Crippen molar-refractivity contribution in [1.29, 1.82) is 0 Å². The summed E-state index contributed by atoms with van der Waals surface area (Å²) in [7, 11) is 1.51. The Morgan fingerprint density at radius 3 is 2.62 bits per heavy atom. The predicted octanol–water partition coefficient (Wildman–Crippen LogP) is 4.20. The van der Waals surface area contributed by atoms with Gasteiger partial charge in [-0.3, -0.25) is 4.79 Å². The fraction of sp³-hybridized carbons (Fsp3) is 0.182. The number of nitrogen functional groups attached to an aromatic ring is 1. The average molecular weight is 407 g/mol. The standard InChI is InChI=1S/C22H22N4O2S/c1-13-4-7-15(8-5-13)19-17(26-11-14(2)6-9-18(26)25-19)10-24-22(27)16-12-29-21(23)20(16)28-3/h4-9,11-12H,10,23H2,1-3H3,(H,24,27). The third kappa shape index (κ3) is 3.56. The van der Waals surface area contributed by atoms with Crippen LogP contribution in [-0.2, 0) is 6.54 Å². The van der Waals surface area contributed by atoms with Gasteiger partial charge in [-0.2, -0.15) is 0 Å². The van der Waals surface area contributed by atoms with E-state index in [-0.39, 0.29) is 5.91 Å². The summed E-state index contributed by atoms with van der Waals surface area (Å²) in [6.45, 7) is 4.41. The Morgan fingerprint density at radius 1 is 1.17 bits per heavy atom. The molecule has 0 unspecified atom stereocenters. The Hall–Kier alpha value is -3.32. The van der Waals surface area contributed by atoms with E-state index in [1.807, 2.05) is 29.7 Å². The molecule has 0 spiro atoms. The summed E-state index contributed by atoms with van der Waals surface area (Å²) in [5, 5.41) is 5.19. The fourth-order valence-electron chi connectivity index (χ4n) is 3.30. The molecule has 0 radical (unpaired) electrons. The van der Waals surface area contributed by atoms with Gasteiger partial charge in [0, 0.05) is 17.1 Å².